The number of hydrogen-bond donors (Lipinski definition) is 1. The predicted molar refractivity (Wildman–Crippen MR) is 104 cm³/mol. The molecule has 0 saturated carbocycles. The van der Waals surface area contributed by atoms with Crippen molar-refractivity contribution in [2.45, 2.75) is 25.4 Å². The molecule has 1 fully saturated rings. The van der Waals surface area contributed by atoms with Gasteiger partial charge in [0.05, 0.1) is 12.6 Å². The van der Waals surface area contributed by atoms with Gasteiger partial charge in [-0.25, -0.2) is 0 Å². The van der Waals surface area contributed by atoms with E-state index in [2.05, 4.69) is 10.4 Å². The minimum absolute atomic E-state index is 0. The van der Waals surface area contributed by atoms with E-state index < -0.39 is 0 Å². The molecule has 1 atom stereocenters. The van der Waals surface area contributed by atoms with Crippen molar-refractivity contribution in [3.05, 3.63) is 53.9 Å². The maximum Gasteiger partial charge on any atom is 0.274 e. The highest BCUT2D eigenvalue weighted by atomic mass is 35.5. The number of nitrogens with one attached hydrogen (secondary N) is 1. The third-order valence-corrected chi connectivity index (χ3v) is 4.54. The second kappa shape index (κ2) is 10.3. The van der Waals surface area contributed by atoms with Crippen molar-refractivity contribution in [2.24, 2.45) is 0 Å². The minimum atomic E-state index is -0.0524. The summed E-state index contributed by atoms with van der Waals surface area (Å²) in [5.41, 5.74) is 1.60. The standard InChI is InChI=1S/C19H26N4O2.ClH/c1-25-13-12-22(15-16-6-3-2-4-7-16)19(24)18-9-11-23(21-18)17-8-5-10-20-14-17;/h2-4,6-7,9,11,17,20H,5,8,10,12-15H2,1H3;1H. The molecular formula is C19H27ClN4O2. The number of halogens is 1. The van der Waals surface area contributed by atoms with Gasteiger partial charge in [0.15, 0.2) is 0 Å². The summed E-state index contributed by atoms with van der Waals surface area (Å²) in [7, 11) is 1.65. The monoisotopic (exact) mass is 378 g/mol. The zero-order valence-corrected chi connectivity index (χ0v) is 16.0. The molecule has 3 rings (SSSR count). The lowest BCUT2D eigenvalue weighted by molar-refractivity contribution is 0.0673. The molecule has 6 nitrogen and oxygen atoms in total. The Balaban J connectivity index is 0.00000243. The zero-order valence-electron chi connectivity index (χ0n) is 15.1. The molecule has 142 valence electrons. The van der Waals surface area contributed by atoms with Crippen molar-refractivity contribution in [3.8, 4) is 0 Å². The molecule has 0 bridgehead atoms. The molecule has 0 radical (unpaired) electrons. The molecule has 1 amide bonds. The van der Waals surface area contributed by atoms with Crippen LogP contribution in [0.3, 0.4) is 0 Å². The maximum absolute atomic E-state index is 12.9. The molecule has 1 aromatic heterocycles. The Morgan fingerprint density at radius 2 is 2.15 bits per heavy atom. The number of amides is 1. The van der Waals surface area contributed by atoms with Crippen LogP contribution in [0.5, 0.6) is 0 Å². The van der Waals surface area contributed by atoms with E-state index >= 15 is 0 Å². The molecule has 26 heavy (non-hydrogen) atoms. The topological polar surface area (TPSA) is 59.4 Å². The summed E-state index contributed by atoms with van der Waals surface area (Å²) >= 11 is 0. The van der Waals surface area contributed by atoms with E-state index in [0.717, 1.165) is 31.5 Å². The summed E-state index contributed by atoms with van der Waals surface area (Å²) in [5, 5.41) is 7.93. The second-order valence-electron chi connectivity index (χ2n) is 6.39. The van der Waals surface area contributed by atoms with E-state index in [1.165, 1.54) is 0 Å². The normalized spacial score (nSPS) is 16.7. The van der Waals surface area contributed by atoms with Gasteiger partial charge in [-0.05, 0) is 31.0 Å². The fourth-order valence-electron chi connectivity index (χ4n) is 3.13. The van der Waals surface area contributed by atoms with Crippen molar-refractivity contribution in [2.75, 3.05) is 33.4 Å². The number of methoxy groups -OCH3 is 1. The molecule has 0 spiro atoms. The van der Waals surface area contributed by atoms with Crippen molar-refractivity contribution in [1.82, 2.24) is 20.0 Å². The van der Waals surface area contributed by atoms with Crippen LogP contribution in [-0.4, -0.2) is 53.9 Å². The van der Waals surface area contributed by atoms with Crippen LogP contribution in [0.15, 0.2) is 42.6 Å². The van der Waals surface area contributed by atoms with Gasteiger partial charge in [0.1, 0.15) is 5.69 Å². The summed E-state index contributed by atoms with van der Waals surface area (Å²) in [6, 6.07) is 12.2. The molecule has 1 unspecified atom stereocenters. The maximum atomic E-state index is 12.9. The molecule has 1 saturated heterocycles. The minimum Gasteiger partial charge on any atom is -0.383 e. The summed E-state index contributed by atoms with van der Waals surface area (Å²) in [6.07, 6.45) is 4.16. The van der Waals surface area contributed by atoms with Gasteiger partial charge in [-0.1, -0.05) is 30.3 Å². The molecule has 1 N–H and O–H groups in total. The summed E-state index contributed by atoms with van der Waals surface area (Å²) in [5.74, 6) is -0.0524. The first-order chi connectivity index (χ1) is 12.3. The molecule has 2 heterocycles. The van der Waals surface area contributed by atoms with Crippen molar-refractivity contribution < 1.29 is 9.53 Å². The highest BCUT2D eigenvalue weighted by molar-refractivity contribution is 5.92. The van der Waals surface area contributed by atoms with E-state index in [9.17, 15) is 4.79 Å². The molecule has 1 aromatic carbocycles. The quantitative estimate of drug-likeness (QED) is 0.804. The lowest BCUT2D eigenvalue weighted by Crippen LogP contribution is -2.34. The number of hydrogen-bond acceptors (Lipinski definition) is 4. The van der Waals surface area contributed by atoms with Gasteiger partial charge in [-0.15, -0.1) is 12.4 Å². The van der Waals surface area contributed by atoms with Gasteiger partial charge in [0.2, 0.25) is 0 Å². The lowest BCUT2D eigenvalue weighted by Gasteiger charge is -2.23. The molecule has 1 aliphatic heterocycles. The van der Waals surface area contributed by atoms with E-state index in [1.807, 2.05) is 47.3 Å². The summed E-state index contributed by atoms with van der Waals surface area (Å²) < 4.78 is 7.10. The van der Waals surface area contributed by atoms with Crippen LogP contribution >= 0.6 is 12.4 Å². The number of nitrogens with zero attached hydrogens (tertiary/aromatic N) is 3. The van der Waals surface area contributed by atoms with Gasteiger partial charge in [0.25, 0.3) is 5.91 Å². The third kappa shape index (κ3) is 5.30. The number of aromatic nitrogens is 2. The Kier molecular flexibility index (Phi) is 8.09. The average molecular weight is 379 g/mol. The lowest BCUT2D eigenvalue weighted by atomic mass is 10.1. The van der Waals surface area contributed by atoms with Crippen molar-refractivity contribution in [3.63, 3.8) is 0 Å². The predicted octanol–water partition coefficient (Wildman–Crippen LogP) is 2.52. The van der Waals surface area contributed by atoms with Gasteiger partial charge in [-0.3, -0.25) is 9.48 Å². The Bertz CT molecular complexity index is 671. The molecule has 2 aromatic rings. The van der Waals surface area contributed by atoms with Gasteiger partial charge >= 0.3 is 0 Å². The van der Waals surface area contributed by atoms with E-state index in [-0.39, 0.29) is 18.3 Å². The molecular weight excluding hydrogens is 352 g/mol. The number of benzene rings is 1. The Labute approximate surface area is 160 Å². The van der Waals surface area contributed by atoms with Crippen LogP contribution in [0.4, 0.5) is 0 Å². The van der Waals surface area contributed by atoms with Crippen LogP contribution in [0.25, 0.3) is 0 Å². The third-order valence-electron chi connectivity index (χ3n) is 4.54. The summed E-state index contributed by atoms with van der Waals surface area (Å²) in [4.78, 5) is 14.7. The highest BCUT2D eigenvalue weighted by Crippen LogP contribution is 2.17. The molecule has 1 aliphatic rings. The Morgan fingerprint density at radius 3 is 2.85 bits per heavy atom. The Hall–Kier alpha value is -1.89. The van der Waals surface area contributed by atoms with Crippen LogP contribution in [0.2, 0.25) is 0 Å². The van der Waals surface area contributed by atoms with Crippen molar-refractivity contribution >= 4 is 18.3 Å². The zero-order chi connectivity index (χ0) is 17.5. The first kappa shape index (κ1) is 20.4. The van der Waals surface area contributed by atoms with E-state index in [0.29, 0.717) is 31.4 Å². The number of carbonyl (C=O) groups excluding carboxylic acids is 1. The van der Waals surface area contributed by atoms with Crippen LogP contribution in [0, 0.1) is 0 Å². The van der Waals surface area contributed by atoms with E-state index in [4.69, 9.17) is 4.74 Å². The number of ether oxygens (including phenoxy) is 1. The van der Waals surface area contributed by atoms with Gasteiger partial charge in [-0.2, -0.15) is 5.10 Å². The van der Waals surface area contributed by atoms with Crippen LogP contribution in [-0.2, 0) is 11.3 Å². The first-order valence-electron chi connectivity index (χ1n) is 8.86. The summed E-state index contributed by atoms with van der Waals surface area (Å²) in [6.45, 7) is 3.58. The fourth-order valence-corrected chi connectivity index (χ4v) is 3.13. The SMILES string of the molecule is COCCN(Cc1ccccc1)C(=O)c1ccn(C2CCCNC2)n1.Cl. The van der Waals surface area contributed by atoms with Crippen LogP contribution in [0.1, 0.15) is 34.9 Å². The molecule has 0 aliphatic carbocycles. The molecule has 7 heteroatoms. The van der Waals surface area contributed by atoms with Crippen molar-refractivity contribution in [1.29, 1.82) is 0 Å². The number of piperidine rings is 1. The Morgan fingerprint density at radius 1 is 1.35 bits per heavy atom. The average Bonchev–Trinajstić information content (AvgIpc) is 3.16. The second-order valence-corrected chi connectivity index (χ2v) is 6.39. The fraction of sp³-hybridized carbons (Fsp3) is 0.474. The smallest absolute Gasteiger partial charge is 0.274 e. The number of rotatable bonds is 7. The number of carbonyl (C=O) groups is 1. The van der Waals surface area contributed by atoms with Gasteiger partial charge in [0, 0.05) is 32.9 Å². The first-order valence-corrected chi connectivity index (χ1v) is 8.86. The van der Waals surface area contributed by atoms with Gasteiger partial charge < -0.3 is 15.0 Å². The largest absolute Gasteiger partial charge is 0.383 e. The highest BCUT2D eigenvalue weighted by Gasteiger charge is 2.21. The van der Waals surface area contributed by atoms with E-state index in [1.54, 1.807) is 12.0 Å². The van der Waals surface area contributed by atoms with Crippen LogP contribution < -0.4 is 5.32 Å².